The first kappa shape index (κ1) is 104. The highest BCUT2D eigenvalue weighted by molar-refractivity contribution is 7.47. The van der Waals surface area contributed by atoms with Crippen molar-refractivity contribution in [3.05, 3.63) is 0 Å². The molecule has 6 atom stereocenters. The average Bonchev–Trinajstić information content (AvgIpc) is 0.900. The fourth-order valence-electron chi connectivity index (χ4n) is 13.6. The van der Waals surface area contributed by atoms with Gasteiger partial charge in [0.15, 0.2) is 12.2 Å². The van der Waals surface area contributed by atoms with Gasteiger partial charge in [-0.2, -0.15) is 0 Å². The number of phosphoric acid groups is 2. The highest BCUT2D eigenvalue weighted by Gasteiger charge is 2.30. The van der Waals surface area contributed by atoms with Gasteiger partial charge in [-0.05, 0) is 31.6 Å². The van der Waals surface area contributed by atoms with E-state index in [4.69, 9.17) is 37.0 Å². The van der Waals surface area contributed by atoms with Crippen LogP contribution < -0.4 is 0 Å². The van der Waals surface area contributed by atoms with Crippen LogP contribution in [0.1, 0.15) is 471 Å². The molecule has 106 heavy (non-hydrogen) atoms. The number of hydrogen-bond acceptors (Lipinski definition) is 15. The van der Waals surface area contributed by atoms with Crippen molar-refractivity contribution in [2.24, 2.45) is 5.92 Å². The Morgan fingerprint density at radius 2 is 0.453 bits per heavy atom. The van der Waals surface area contributed by atoms with Crippen LogP contribution in [0.4, 0.5) is 0 Å². The highest BCUT2D eigenvalue weighted by Crippen LogP contribution is 2.45. The van der Waals surface area contributed by atoms with E-state index in [0.717, 1.165) is 95.8 Å². The molecule has 3 N–H and O–H groups in total. The van der Waals surface area contributed by atoms with Gasteiger partial charge in [0.05, 0.1) is 26.4 Å². The number of carbonyl (C=O) groups excluding carboxylic acids is 4. The van der Waals surface area contributed by atoms with Gasteiger partial charge in [0.1, 0.15) is 19.3 Å². The normalized spacial score (nSPS) is 14.0. The lowest BCUT2D eigenvalue weighted by Gasteiger charge is -2.21. The van der Waals surface area contributed by atoms with Crippen LogP contribution in [0.2, 0.25) is 0 Å². The number of carbonyl (C=O) groups is 4. The Labute approximate surface area is 651 Å². The van der Waals surface area contributed by atoms with Gasteiger partial charge in [0.25, 0.3) is 0 Å². The van der Waals surface area contributed by atoms with Crippen molar-refractivity contribution in [3.8, 4) is 0 Å². The molecule has 0 aliphatic rings. The fraction of sp³-hybridized carbons (Fsp3) is 0.954. The summed E-state index contributed by atoms with van der Waals surface area (Å²) >= 11 is 0. The molecule has 0 amide bonds. The molecule has 0 aliphatic heterocycles. The third-order valence-electron chi connectivity index (χ3n) is 20.9. The van der Waals surface area contributed by atoms with Crippen LogP contribution in [0.3, 0.4) is 0 Å². The van der Waals surface area contributed by atoms with Crippen LogP contribution >= 0.6 is 15.6 Å². The molecule has 0 aromatic carbocycles. The second-order valence-electron chi connectivity index (χ2n) is 31.5. The molecule has 0 saturated heterocycles. The molecule has 0 aliphatic carbocycles. The molecule has 0 rings (SSSR count). The van der Waals surface area contributed by atoms with E-state index in [1.165, 1.54) is 295 Å². The maximum absolute atomic E-state index is 13.2. The molecule has 0 bridgehead atoms. The minimum Gasteiger partial charge on any atom is -0.462 e. The second-order valence-corrected chi connectivity index (χ2v) is 34.4. The Hall–Kier alpha value is -1.94. The Morgan fingerprint density at radius 1 is 0.264 bits per heavy atom. The minimum atomic E-state index is -4.97. The van der Waals surface area contributed by atoms with Gasteiger partial charge >= 0.3 is 39.5 Å². The van der Waals surface area contributed by atoms with Gasteiger partial charge in [0.2, 0.25) is 0 Å². The van der Waals surface area contributed by atoms with E-state index in [2.05, 4.69) is 34.6 Å². The largest absolute Gasteiger partial charge is 0.472 e. The summed E-state index contributed by atoms with van der Waals surface area (Å²) in [6.07, 6.45) is 73.5. The van der Waals surface area contributed by atoms with Crippen LogP contribution in [0.25, 0.3) is 0 Å². The van der Waals surface area contributed by atoms with Crippen LogP contribution in [0.15, 0.2) is 0 Å². The Morgan fingerprint density at radius 3 is 0.670 bits per heavy atom. The molecule has 0 heterocycles. The molecular weight excluding hydrogens is 1380 g/mol. The average molecular weight is 1550 g/mol. The van der Waals surface area contributed by atoms with E-state index in [0.29, 0.717) is 25.7 Å². The summed E-state index contributed by atoms with van der Waals surface area (Å²) in [5, 5.41) is 10.7. The van der Waals surface area contributed by atoms with Crippen molar-refractivity contribution >= 4 is 39.5 Å². The summed E-state index contributed by atoms with van der Waals surface area (Å²) in [7, 11) is -9.93. The first-order valence-electron chi connectivity index (χ1n) is 45.2. The predicted octanol–water partition coefficient (Wildman–Crippen LogP) is 26.8. The van der Waals surface area contributed by atoms with Crippen LogP contribution in [-0.2, 0) is 65.4 Å². The monoisotopic (exact) mass is 1550 g/mol. The van der Waals surface area contributed by atoms with E-state index in [-0.39, 0.29) is 25.7 Å². The van der Waals surface area contributed by atoms with Crippen molar-refractivity contribution in [2.75, 3.05) is 39.6 Å². The number of aliphatic hydroxyl groups is 1. The van der Waals surface area contributed by atoms with Crippen molar-refractivity contribution < 1.29 is 80.2 Å². The van der Waals surface area contributed by atoms with Gasteiger partial charge in [-0.25, -0.2) is 9.13 Å². The molecule has 19 heteroatoms. The fourth-order valence-corrected chi connectivity index (χ4v) is 15.2. The summed E-state index contributed by atoms with van der Waals surface area (Å²) in [6, 6.07) is 0. The molecular formula is C87H170O17P2. The molecule has 630 valence electrons. The topological polar surface area (TPSA) is 237 Å². The zero-order valence-corrected chi connectivity index (χ0v) is 71.4. The zero-order valence-electron chi connectivity index (χ0n) is 69.6. The Kier molecular flexibility index (Phi) is 78.2. The quantitative estimate of drug-likeness (QED) is 0.0222. The van der Waals surface area contributed by atoms with E-state index in [1.807, 2.05) is 0 Å². The van der Waals surface area contributed by atoms with Gasteiger partial charge in [-0.15, -0.1) is 0 Å². The van der Waals surface area contributed by atoms with Gasteiger partial charge in [0, 0.05) is 25.7 Å². The first-order chi connectivity index (χ1) is 51.6. The van der Waals surface area contributed by atoms with Crippen molar-refractivity contribution in [2.45, 2.75) is 490 Å². The molecule has 0 aromatic heterocycles. The van der Waals surface area contributed by atoms with Gasteiger partial charge in [-0.1, -0.05) is 420 Å². The molecule has 3 unspecified atom stereocenters. The van der Waals surface area contributed by atoms with Crippen LogP contribution in [0, 0.1) is 5.92 Å². The maximum Gasteiger partial charge on any atom is 0.472 e. The van der Waals surface area contributed by atoms with E-state index < -0.39 is 97.5 Å². The SMILES string of the molecule is CCCCCCCCCCCCCCCCCCCCCCCC(=O)O[C@H](COC(=O)CCCCCCCCCCCCCCCCCCCC)COP(=O)(O)OC[C@@H](O)COP(=O)(O)OC[C@@H](COC(=O)CCCCCCCCCCCCCCC)OC(=O)CCCCCCCCCCCCC(C)CC. The number of unbranched alkanes of at least 4 members (excludes halogenated alkanes) is 58. The molecule has 0 fully saturated rings. The number of rotatable bonds is 87. The standard InChI is InChI=1S/C87H170O17P2/c1-6-10-13-16-19-22-25-28-30-32-34-35-36-38-40-43-46-52-57-62-67-72-86(91)103-82(76-98-85(90)71-66-61-56-51-45-42-39-37-33-31-29-26-23-20-17-14-11-7-2)78-101-105(93,94)99-74-81(88)75-100-106(95,96)102-79-83(77-97-84(89)70-65-60-55-50-44-41-27-24-21-18-15-12-8-3)104-87(92)73-68-63-58-53-48-47-49-54-59-64-69-80(5)9-4/h80-83,88H,6-79H2,1-5H3,(H,93,94)(H,95,96)/t80?,81-,82-,83-/m1/s1. The molecule has 0 saturated carbocycles. The lowest BCUT2D eigenvalue weighted by atomic mass is 9.99. The van der Waals surface area contributed by atoms with Gasteiger partial charge in [-0.3, -0.25) is 37.3 Å². The lowest BCUT2D eigenvalue weighted by Crippen LogP contribution is -2.30. The molecule has 0 spiro atoms. The van der Waals surface area contributed by atoms with Crippen molar-refractivity contribution in [1.29, 1.82) is 0 Å². The predicted molar refractivity (Wildman–Crippen MR) is 437 cm³/mol. The molecule has 0 radical (unpaired) electrons. The van der Waals surface area contributed by atoms with Crippen LogP contribution in [-0.4, -0.2) is 96.7 Å². The number of aliphatic hydroxyl groups excluding tert-OH is 1. The van der Waals surface area contributed by atoms with E-state index >= 15 is 0 Å². The summed E-state index contributed by atoms with van der Waals surface area (Å²) in [4.78, 5) is 73.3. The lowest BCUT2D eigenvalue weighted by molar-refractivity contribution is -0.161. The summed E-state index contributed by atoms with van der Waals surface area (Å²) in [5.74, 6) is -1.29. The zero-order chi connectivity index (χ0) is 77.6. The highest BCUT2D eigenvalue weighted by atomic mass is 31.2. The third-order valence-corrected chi connectivity index (χ3v) is 22.8. The van der Waals surface area contributed by atoms with E-state index in [9.17, 15) is 43.2 Å². The smallest absolute Gasteiger partial charge is 0.462 e. The van der Waals surface area contributed by atoms with Crippen molar-refractivity contribution in [1.82, 2.24) is 0 Å². The Bertz CT molecular complexity index is 2020. The molecule has 0 aromatic rings. The number of phosphoric ester groups is 2. The van der Waals surface area contributed by atoms with Crippen LogP contribution in [0.5, 0.6) is 0 Å². The summed E-state index contributed by atoms with van der Waals surface area (Å²) in [5.41, 5.74) is 0. The maximum atomic E-state index is 13.2. The van der Waals surface area contributed by atoms with Crippen molar-refractivity contribution in [3.63, 3.8) is 0 Å². The number of esters is 4. The minimum absolute atomic E-state index is 0.107. The number of hydrogen-bond donors (Lipinski definition) is 3. The second kappa shape index (κ2) is 79.7. The number of ether oxygens (including phenoxy) is 4. The van der Waals surface area contributed by atoms with Gasteiger partial charge < -0.3 is 33.8 Å². The summed E-state index contributed by atoms with van der Waals surface area (Å²) < 4.78 is 69.0. The Balaban J connectivity index is 5.25. The molecule has 17 nitrogen and oxygen atoms in total. The third kappa shape index (κ3) is 78.7. The first-order valence-corrected chi connectivity index (χ1v) is 48.2. The van der Waals surface area contributed by atoms with E-state index in [1.54, 1.807) is 0 Å². The summed E-state index contributed by atoms with van der Waals surface area (Å²) in [6.45, 7) is 7.40.